The number of hydrogen-bond donors (Lipinski definition) is 0. The van der Waals surface area contributed by atoms with E-state index in [1.807, 2.05) is 36.4 Å². The third kappa shape index (κ3) is 5.58. The van der Waals surface area contributed by atoms with Crippen LogP contribution >= 0.6 is 0 Å². The number of amides is 1. The van der Waals surface area contributed by atoms with Crippen molar-refractivity contribution < 1.29 is 19.0 Å². The molecule has 1 amide bonds. The van der Waals surface area contributed by atoms with Gasteiger partial charge in [-0.25, -0.2) is 4.98 Å². The minimum atomic E-state index is -0.0326. The standard InChI is InChI=1S/C32H37N3O4/c1-5-22(2)23-11-13-25(14-12-23)39-18-8-17-34-28-10-7-6-9-27(28)33-32(34)24-19-31(36)35(21-24)29-20-26(37-3)15-16-30(29)38-4/h6-7,9-16,20,22,24H,5,8,17-19,21H2,1-4H3. The first-order chi connectivity index (χ1) is 19.0. The van der Waals surface area contributed by atoms with Gasteiger partial charge in [0.1, 0.15) is 23.1 Å². The molecule has 2 unspecified atom stereocenters. The molecule has 5 rings (SSSR count). The molecule has 0 radical (unpaired) electrons. The predicted molar refractivity (Wildman–Crippen MR) is 154 cm³/mol. The van der Waals surface area contributed by atoms with Crippen LogP contribution in [0.1, 0.15) is 56.3 Å². The van der Waals surface area contributed by atoms with Crippen molar-refractivity contribution in [1.29, 1.82) is 0 Å². The molecule has 0 bridgehead atoms. The monoisotopic (exact) mass is 527 g/mol. The van der Waals surface area contributed by atoms with Gasteiger partial charge in [-0.15, -0.1) is 0 Å². The molecule has 1 saturated heterocycles. The molecule has 3 aromatic carbocycles. The molecule has 7 nitrogen and oxygen atoms in total. The number of fused-ring (bicyclic) bond motifs is 1. The minimum absolute atomic E-state index is 0.0326. The first-order valence-corrected chi connectivity index (χ1v) is 13.7. The van der Waals surface area contributed by atoms with Crippen LogP contribution in [0, 0.1) is 0 Å². The van der Waals surface area contributed by atoms with Crippen molar-refractivity contribution in [1.82, 2.24) is 9.55 Å². The molecular formula is C32H37N3O4. The van der Waals surface area contributed by atoms with Gasteiger partial charge in [-0.2, -0.15) is 0 Å². The highest BCUT2D eigenvalue weighted by atomic mass is 16.5. The van der Waals surface area contributed by atoms with E-state index in [0.29, 0.717) is 37.0 Å². The fourth-order valence-corrected chi connectivity index (χ4v) is 5.30. The van der Waals surface area contributed by atoms with Gasteiger partial charge in [-0.05, 0) is 60.7 Å². The summed E-state index contributed by atoms with van der Waals surface area (Å²) in [5.41, 5.74) is 4.08. The van der Waals surface area contributed by atoms with Crippen molar-refractivity contribution in [3.63, 3.8) is 0 Å². The molecular weight excluding hydrogens is 490 g/mol. The lowest BCUT2D eigenvalue weighted by molar-refractivity contribution is -0.117. The number of rotatable bonds is 11. The normalized spacial score (nSPS) is 16.1. The van der Waals surface area contributed by atoms with Crippen LogP contribution in [0.2, 0.25) is 0 Å². The van der Waals surface area contributed by atoms with Crippen molar-refractivity contribution in [3.05, 3.63) is 78.1 Å². The van der Waals surface area contributed by atoms with Gasteiger partial charge >= 0.3 is 0 Å². The highest BCUT2D eigenvalue weighted by molar-refractivity contribution is 5.98. The fraction of sp³-hybridized carbons (Fsp3) is 0.375. The molecule has 4 aromatic rings. The van der Waals surface area contributed by atoms with E-state index in [9.17, 15) is 4.79 Å². The van der Waals surface area contributed by atoms with E-state index < -0.39 is 0 Å². The maximum atomic E-state index is 13.2. The van der Waals surface area contributed by atoms with Crippen molar-refractivity contribution >= 4 is 22.6 Å². The summed E-state index contributed by atoms with van der Waals surface area (Å²) in [6, 6.07) is 22.1. The highest BCUT2D eigenvalue weighted by Gasteiger charge is 2.36. The van der Waals surface area contributed by atoms with Gasteiger partial charge in [0.15, 0.2) is 0 Å². The van der Waals surface area contributed by atoms with Crippen LogP contribution in [0.15, 0.2) is 66.7 Å². The summed E-state index contributed by atoms with van der Waals surface area (Å²) >= 11 is 0. The molecule has 204 valence electrons. The smallest absolute Gasteiger partial charge is 0.227 e. The van der Waals surface area contributed by atoms with Crippen LogP contribution in [0.5, 0.6) is 17.2 Å². The molecule has 0 saturated carbocycles. The van der Waals surface area contributed by atoms with Crippen molar-refractivity contribution in [2.45, 2.75) is 51.5 Å². The summed E-state index contributed by atoms with van der Waals surface area (Å²) in [6.07, 6.45) is 2.34. The fourth-order valence-electron chi connectivity index (χ4n) is 5.30. The third-order valence-corrected chi connectivity index (χ3v) is 7.71. The first-order valence-electron chi connectivity index (χ1n) is 13.7. The summed E-state index contributed by atoms with van der Waals surface area (Å²) in [4.78, 5) is 20.0. The second-order valence-corrected chi connectivity index (χ2v) is 10.1. The van der Waals surface area contributed by atoms with Gasteiger partial charge in [0.25, 0.3) is 0 Å². The van der Waals surface area contributed by atoms with Crippen molar-refractivity contribution in [2.75, 3.05) is 32.3 Å². The number of imidazole rings is 1. The topological polar surface area (TPSA) is 65.8 Å². The van der Waals surface area contributed by atoms with Crippen LogP contribution in [-0.4, -0.2) is 42.8 Å². The van der Waals surface area contributed by atoms with E-state index in [1.165, 1.54) is 5.56 Å². The molecule has 1 fully saturated rings. The lowest BCUT2D eigenvalue weighted by Crippen LogP contribution is -2.25. The Hall–Kier alpha value is -4.00. The molecule has 2 atom stereocenters. The molecule has 1 aromatic heterocycles. The summed E-state index contributed by atoms with van der Waals surface area (Å²) < 4.78 is 19.3. The molecule has 0 aliphatic carbocycles. The summed E-state index contributed by atoms with van der Waals surface area (Å²) in [6.45, 7) is 6.34. The number of carbonyl (C=O) groups excluding carboxylic acids is 1. The number of benzene rings is 3. The third-order valence-electron chi connectivity index (χ3n) is 7.71. The Morgan fingerprint density at radius 2 is 1.77 bits per heavy atom. The first kappa shape index (κ1) is 26.6. The Balaban J connectivity index is 1.32. The number of aryl methyl sites for hydroxylation is 1. The number of anilines is 1. The Kier molecular flexibility index (Phi) is 8.05. The van der Waals surface area contributed by atoms with Gasteiger partial charge in [-0.1, -0.05) is 38.1 Å². The maximum absolute atomic E-state index is 13.2. The molecule has 0 N–H and O–H groups in total. The Morgan fingerprint density at radius 1 is 1.00 bits per heavy atom. The molecule has 39 heavy (non-hydrogen) atoms. The zero-order chi connectivity index (χ0) is 27.4. The number of para-hydroxylation sites is 2. The Labute approximate surface area is 230 Å². The quantitative estimate of drug-likeness (QED) is 0.207. The molecule has 1 aliphatic rings. The number of carbonyl (C=O) groups is 1. The minimum Gasteiger partial charge on any atom is -0.497 e. The van der Waals surface area contributed by atoms with Crippen molar-refractivity contribution in [2.24, 2.45) is 0 Å². The SMILES string of the molecule is CCC(C)c1ccc(OCCCn2c(C3CC(=O)N(c4cc(OC)ccc4OC)C3)nc3ccccc32)cc1. The van der Waals surface area contributed by atoms with E-state index in [4.69, 9.17) is 19.2 Å². The second-order valence-electron chi connectivity index (χ2n) is 10.1. The van der Waals surface area contributed by atoms with Crippen molar-refractivity contribution in [3.8, 4) is 17.2 Å². The lowest BCUT2D eigenvalue weighted by Gasteiger charge is -2.20. The number of aromatic nitrogens is 2. The molecule has 0 spiro atoms. The van der Waals surface area contributed by atoms with E-state index >= 15 is 0 Å². The van der Waals surface area contributed by atoms with Crippen LogP contribution < -0.4 is 19.1 Å². The number of nitrogens with zero attached hydrogens (tertiary/aromatic N) is 3. The zero-order valence-corrected chi connectivity index (χ0v) is 23.2. The van der Waals surface area contributed by atoms with E-state index in [2.05, 4.69) is 48.7 Å². The van der Waals surface area contributed by atoms with Crippen LogP contribution in [-0.2, 0) is 11.3 Å². The van der Waals surface area contributed by atoms with Gasteiger partial charge in [0, 0.05) is 31.5 Å². The number of methoxy groups -OCH3 is 2. The molecule has 7 heteroatoms. The number of hydrogen-bond acceptors (Lipinski definition) is 5. The molecule has 1 aliphatic heterocycles. The average Bonchev–Trinajstić information content (AvgIpc) is 3.55. The summed E-state index contributed by atoms with van der Waals surface area (Å²) in [5.74, 6) is 3.73. The molecule has 2 heterocycles. The van der Waals surface area contributed by atoms with Crippen LogP contribution in [0.3, 0.4) is 0 Å². The van der Waals surface area contributed by atoms with E-state index in [-0.39, 0.29) is 11.8 Å². The van der Waals surface area contributed by atoms with Gasteiger partial charge in [0.05, 0.1) is 37.5 Å². The predicted octanol–water partition coefficient (Wildman–Crippen LogP) is 6.56. The van der Waals surface area contributed by atoms with Gasteiger partial charge < -0.3 is 23.7 Å². The highest BCUT2D eigenvalue weighted by Crippen LogP contribution is 2.39. The van der Waals surface area contributed by atoms with Gasteiger partial charge in [0.2, 0.25) is 5.91 Å². The average molecular weight is 528 g/mol. The van der Waals surface area contributed by atoms with E-state index in [1.54, 1.807) is 19.1 Å². The van der Waals surface area contributed by atoms with E-state index in [0.717, 1.165) is 47.7 Å². The summed E-state index contributed by atoms with van der Waals surface area (Å²) in [5, 5.41) is 0. The Morgan fingerprint density at radius 3 is 2.51 bits per heavy atom. The Bertz CT molecular complexity index is 1430. The summed E-state index contributed by atoms with van der Waals surface area (Å²) in [7, 11) is 3.24. The van der Waals surface area contributed by atoms with Crippen LogP contribution in [0.4, 0.5) is 5.69 Å². The zero-order valence-electron chi connectivity index (χ0n) is 23.2. The second kappa shape index (κ2) is 11.8. The van der Waals surface area contributed by atoms with Gasteiger partial charge in [-0.3, -0.25) is 4.79 Å². The largest absolute Gasteiger partial charge is 0.497 e. The number of ether oxygens (including phenoxy) is 3. The van der Waals surface area contributed by atoms with Crippen LogP contribution in [0.25, 0.3) is 11.0 Å². The maximum Gasteiger partial charge on any atom is 0.227 e. The lowest BCUT2D eigenvalue weighted by atomic mass is 9.99.